The van der Waals surface area contributed by atoms with E-state index >= 15 is 4.39 Å². The number of benzene rings is 2. The molecule has 0 spiro atoms. The molecule has 226 valence electrons. The van der Waals surface area contributed by atoms with Gasteiger partial charge in [0.25, 0.3) is 5.56 Å². The molecule has 0 fully saturated rings. The van der Waals surface area contributed by atoms with Crippen molar-refractivity contribution in [2.75, 3.05) is 15.8 Å². The molecule has 3 heterocycles. The zero-order valence-corrected chi connectivity index (χ0v) is 25.4. The Balaban J connectivity index is 1.48. The van der Waals surface area contributed by atoms with Crippen molar-refractivity contribution < 1.29 is 14.6 Å². The minimum Gasteiger partial charge on any atom is -0.392 e. The second-order valence-electron chi connectivity index (χ2n) is 12.3. The fourth-order valence-corrected chi connectivity index (χ4v) is 5.17. The number of aliphatic hydroxyl groups excluding tert-OH is 2. The Morgan fingerprint density at radius 1 is 1.14 bits per heavy atom. The van der Waals surface area contributed by atoms with Crippen LogP contribution in [0.4, 0.5) is 27.3 Å². The van der Waals surface area contributed by atoms with Gasteiger partial charge in [-0.2, -0.15) is 0 Å². The zero-order valence-electron chi connectivity index (χ0n) is 25.4. The third kappa shape index (κ3) is 6.13. The number of aryl methyl sites for hydroxylation is 1. The first-order valence-electron chi connectivity index (χ1n) is 14.3. The third-order valence-electron chi connectivity index (χ3n) is 7.60. The average Bonchev–Trinajstić information content (AvgIpc) is 3.30. The Bertz CT molecular complexity index is 1700. The molecule has 2 aromatic carbocycles. The van der Waals surface area contributed by atoms with E-state index in [0.29, 0.717) is 52.2 Å². The summed E-state index contributed by atoms with van der Waals surface area (Å²) in [7, 11) is 1.66. The van der Waals surface area contributed by atoms with E-state index in [-0.39, 0.29) is 23.1 Å². The van der Waals surface area contributed by atoms with Crippen LogP contribution in [-0.2, 0) is 25.6 Å². The summed E-state index contributed by atoms with van der Waals surface area (Å²) < 4.78 is 16.7. The zero-order chi connectivity index (χ0) is 31.1. The lowest BCUT2D eigenvalue weighted by molar-refractivity contribution is 0.181. The number of hydrogen-bond acceptors (Lipinski definition) is 8. The summed E-state index contributed by atoms with van der Waals surface area (Å²) in [6.07, 6.45) is 2.14. The number of nitrogens with zero attached hydrogens (tertiary/aromatic N) is 3. The van der Waals surface area contributed by atoms with Crippen molar-refractivity contribution in [1.82, 2.24) is 14.9 Å². The quantitative estimate of drug-likeness (QED) is 0.185. The normalized spacial score (nSPS) is 14.7. The Kier molecular flexibility index (Phi) is 8.29. The van der Waals surface area contributed by atoms with E-state index in [9.17, 15) is 15.0 Å². The summed E-state index contributed by atoms with van der Waals surface area (Å²) in [5.74, 6) is 0.0238. The van der Waals surface area contributed by atoms with Crippen molar-refractivity contribution in [2.24, 2.45) is 7.05 Å². The largest absolute Gasteiger partial charge is 0.392 e. The highest BCUT2D eigenvalue weighted by atomic mass is 19.1. The second-order valence-corrected chi connectivity index (χ2v) is 12.3. The highest BCUT2D eigenvalue weighted by Gasteiger charge is 2.35. The maximum Gasteiger partial charge on any atom is 0.274 e. The van der Waals surface area contributed by atoms with Gasteiger partial charge >= 0.3 is 0 Å². The van der Waals surface area contributed by atoms with Gasteiger partial charge < -0.3 is 25.4 Å². The lowest BCUT2D eigenvalue weighted by Gasteiger charge is -2.26. The van der Waals surface area contributed by atoms with Crippen LogP contribution in [0.2, 0.25) is 0 Å². The number of fused-ring (bicyclic) bond motifs is 1. The first-order valence-corrected chi connectivity index (χ1v) is 14.3. The molecule has 0 bridgehead atoms. The van der Waals surface area contributed by atoms with Crippen molar-refractivity contribution in [3.05, 3.63) is 99.3 Å². The lowest BCUT2D eigenvalue weighted by Crippen LogP contribution is -2.29. The van der Waals surface area contributed by atoms with Gasteiger partial charge in [-0.25, -0.2) is 9.37 Å². The molecule has 2 aromatic heterocycles. The van der Waals surface area contributed by atoms with Crippen LogP contribution >= 0.6 is 0 Å². The molecule has 0 saturated carbocycles. The molecular weight excluding hydrogens is 547 g/mol. The van der Waals surface area contributed by atoms with E-state index < -0.39 is 12.0 Å². The highest BCUT2D eigenvalue weighted by molar-refractivity contribution is 5.79. The summed E-state index contributed by atoms with van der Waals surface area (Å²) >= 11 is 0. The first-order chi connectivity index (χ1) is 20.4. The molecule has 0 radical (unpaired) electrons. The van der Waals surface area contributed by atoms with Gasteiger partial charge in [0.1, 0.15) is 17.3 Å². The fourth-order valence-electron chi connectivity index (χ4n) is 5.17. The van der Waals surface area contributed by atoms with Crippen LogP contribution in [0.5, 0.6) is 0 Å². The smallest absolute Gasteiger partial charge is 0.274 e. The molecule has 0 amide bonds. The monoisotopic (exact) mass is 586 g/mol. The number of rotatable bonds is 8. The first kappa shape index (κ1) is 30.2. The van der Waals surface area contributed by atoms with Crippen molar-refractivity contribution >= 4 is 22.9 Å². The van der Waals surface area contributed by atoms with Crippen molar-refractivity contribution in [2.45, 2.75) is 65.5 Å². The average molecular weight is 587 g/mol. The molecule has 5 N–H and O–H groups in total. The molecule has 1 unspecified atom stereocenters. The van der Waals surface area contributed by atoms with Gasteiger partial charge in [0.05, 0.1) is 23.5 Å². The second kappa shape index (κ2) is 11.8. The minimum absolute atomic E-state index is 0.148. The van der Waals surface area contributed by atoms with Gasteiger partial charge in [0, 0.05) is 43.2 Å². The van der Waals surface area contributed by atoms with Gasteiger partial charge in [-0.1, -0.05) is 52.8 Å². The Morgan fingerprint density at radius 3 is 2.56 bits per heavy atom. The Labute approximate surface area is 251 Å². The Hall–Kier alpha value is -4.25. The summed E-state index contributed by atoms with van der Waals surface area (Å²) in [5, 5.41) is 29.7. The standard InChI is InChI=1S/C33H39FN6O3/c1-19(2)35-15-20-10-11-29(36-16-20)37-27-12-21(17-39(6)31(27)42)23-8-7-9-28(24(23)18-41)40-32(43)30-25(34)13-22(33(3,4)5)14-26(30)38-40/h7-14,16-17,19,32,35,38,41,43H,15,18H2,1-6H3,(H,36,37). The number of pyridine rings is 2. The number of anilines is 4. The van der Waals surface area contributed by atoms with Crippen LogP contribution in [0.3, 0.4) is 0 Å². The maximum absolute atomic E-state index is 15.2. The van der Waals surface area contributed by atoms with Crippen LogP contribution in [-0.4, -0.2) is 25.8 Å². The van der Waals surface area contributed by atoms with Crippen molar-refractivity contribution in [3.63, 3.8) is 0 Å². The number of aromatic nitrogens is 2. The molecule has 0 saturated heterocycles. The molecule has 1 aliphatic rings. The third-order valence-corrected chi connectivity index (χ3v) is 7.60. The van der Waals surface area contributed by atoms with Crippen molar-refractivity contribution in [1.29, 1.82) is 0 Å². The molecule has 10 heteroatoms. The lowest BCUT2D eigenvalue weighted by atomic mass is 9.86. The van der Waals surface area contributed by atoms with E-state index in [1.165, 1.54) is 15.6 Å². The van der Waals surface area contributed by atoms with Crippen molar-refractivity contribution in [3.8, 4) is 11.1 Å². The molecule has 43 heavy (non-hydrogen) atoms. The van der Waals surface area contributed by atoms with E-state index in [2.05, 4.69) is 34.9 Å². The van der Waals surface area contributed by atoms with Gasteiger partial charge in [0.2, 0.25) is 0 Å². The predicted octanol–water partition coefficient (Wildman–Crippen LogP) is 5.46. The van der Waals surface area contributed by atoms with Crippen LogP contribution in [0.25, 0.3) is 11.1 Å². The van der Waals surface area contributed by atoms with Crippen LogP contribution in [0.15, 0.2) is 65.7 Å². The van der Waals surface area contributed by atoms with E-state index in [1.807, 2.05) is 45.0 Å². The molecule has 4 aromatic rings. The number of aliphatic hydroxyl groups is 2. The van der Waals surface area contributed by atoms with Crippen LogP contribution in [0, 0.1) is 5.82 Å². The van der Waals surface area contributed by atoms with Gasteiger partial charge in [-0.15, -0.1) is 0 Å². The molecule has 1 atom stereocenters. The molecule has 9 nitrogen and oxygen atoms in total. The summed E-state index contributed by atoms with van der Waals surface area (Å²) in [6.45, 7) is 10.5. The van der Waals surface area contributed by atoms with Gasteiger partial charge in [0.15, 0.2) is 6.23 Å². The molecule has 0 aliphatic carbocycles. The van der Waals surface area contributed by atoms with E-state index in [0.717, 1.165) is 11.1 Å². The van der Waals surface area contributed by atoms with E-state index in [1.54, 1.807) is 37.6 Å². The van der Waals surface area contributed by atoms with E-state index in [4.69, 9.17) is 0 Å². The number of hydrazine groups is 1. The van der Waals surface area contributed by atoms with Crippen LogP contribution < -0.4 is 26.6 Å². The SMILES string of the molecule is CC(C)NCc1ccc(Nc2cc(-c3cccc(N4Nc5cc(C(C)(C)C)cc(F)c5C4O)c3CO)cn(C)c2=O)nc1. The minimum atomic E-state index is -1.31. The highest BCUT2D eigenvalue weighted by Crippen LogP contribution is 2.43. The molecular formula is C33H39FN6O3. The van der Waals surface area contributed by atoms with Crippen LogP contribution in [0.1, 0.15) is 63.1 Å². The number of hydrogen-bond donors (Lipinski definition) is 5. The summed E-state index contributed by atoms with van der Waals surface area (Å²) in [4.78, 5) is 17.5. The summed E-state index contributed by atoms with van der Waals surface area (Å²) in [5.41, 5.74) is 7.68. The predicted molar refractivity (Wildman–Crippen MR) is 169 cm³/mol. The molecule has 1 aliphatic heterocycles. The van der Waals surface area contributed by atoms with Gasteiger partial charge in [-0.3, -0.25) is 15.2 Å². The fraction of sp³-hybridized carbons (Fsp3) is 0.333. The number of nitrogens with one attached hydrogen (secondary N) is 3. The number of halogens is 1. The molecule has 5 rings (SSSR count). The topological polar surface area (TPSA) is 115 Å². The summed E-state index contributed by atoms with van der Waals surface area (Å²) in [6, 6.07) is 14.5. The Morgan fingerprint density at radius 2 is 1.91 bits per heavy atom. The van der Waals surface area contributed by atoms with Gasteiger partial charge in [-0.05, 0) is 52.4 Å². The maximum atomic E-state index is 15.2.